The fourth-order valence-corrected chi connectivity index (χ4v) is 3.68. The molecule has 172 valence electrons. The van der Waals surface area contributed by atoms with E-state index in [9.17, 15) is 4.79 Å². The van der Waals surface area contributed by atoms with Crippen molar-refractivity contribution in [2.45, 2.75) is 19.8 Å². The van der Waals surface area contributed by atoms with Crippen LogP contribution in [0.15, 0.2) is 48.5 Å². The molecule has 0 radical (unpaired) electrons. The number of anilines is 5. The molecule has 2 aromatic carbocycles. The van der Waals surface area contributed by atoms with E-state index in [2.05, 4.69) is 30.8 Å². The van der Waals surface area contributed by atoms with Crippen LogP contribution >= 0.6 is 0 Å². The number of amides is 2. The summed E-state index contributed by atoms with van der Waals surface area (Å²) in [5.41, 5.74) is 2.09. The highest BCUT2D eigenvalue weighted by Gasteiger charge is 2.15. The van der Waals surface area contributed by atoms with E-state index in [1.165, 1.54) is 12.8 Å². The van der Waals surface area contributed by atoms with Gasteiger partial charge in [-0.3, -0.25) is 0 Å². The SMILES string of the molecule is COc1cc(NC(=O)Nc2ccc(Nc3cc(N4CCCC4)nc(C)n3)cc2)cc(OC)c1. The van der Waals surface area contributed by atoms with Gasteiger partial charge in [-0.15, -0.1) is 0 Å². The second-order valence-corrected chi connectivity index (χ2v) is 7.74. The topological polar surface area (TPSA) is 101 Å². The van der Waals surface area contributed by atoms with Crippen molar-refractivity contribution in [3.63, 3.8) is 0 Å². The van der Waals surface area contributed by atoms with E-state index >= 15 is 0 Å². The number of carbonyl (C=O) groups excluding carboxylic acids is 1. The fraction of sp³-hybridized carbons (Fsp3) is 0.292. The largest absolute Gasteiger partial charge is 0.497 e. The van der Waals surface area contributed by atoms with Gasteiger partial charge in [0.15, 0.2) is 0 Å². The first-order valence-electron chi connectivity index (χ1n) is 10.8. The molecule has 1 aliphatic rings. The molecule has 0 saturated carbocycles. The lowest BCUT2D eigenvalue weighted by Gasteiger charge is -2.18. The summed E-state index contributed by atoms with van der Waals surface area (Å²) in [6.45, 7) is 3.95. The predicted octanol–water partition coefficient (Wildman–Crippen LogP) is 4.79. The van der Waals surface area contributed by atoms with Crippen LogP contribution in [0.1, 0.15) is 18.7 Å². The molecule has 0 unspecified atom stereocenters. The molecule has 9 heteroatoms. The van der Waals surface area contributed by atoms with Crippen LogP contribution in [0, 0.1) is 6.92 Å². The van der Waals surface area contributed by atoms with E-state index in [-0.39, 0.29) is 6.03 Å². The molecule has 3 N–H and O–H groups in total. The third-order valence-corrected chi connectivity index (χ3v) is 5.28. The van der Waals surface area contributed by atoms with E-state index in [1.54, 1.807) is 32.4 Å². The Hall–Kier alpha value is -4.01. The molecular weight excluding hydrogens is 420 g/mol. The lowest BCUT2D eigenvalue weighted by molar-refractivity contribution is 0.262. The molecule has 0 bridgehead atoms. The minimum Gasteiger partial charge on any atom is -0.497 e. The van der Waals surface area contributed by atoms with Crippen LogP contribution in [0.4, 0.5) is 33.5 Å². The summed E-state index contributed by atoms with van der Waals surface area (Å²) in [5.74, 6) is 3.60. The number of nitrogens with zero attached hydrogens (tertiary/aromatic N) is 3. The molecule has 1 saturated heterocycles. The quantitative estimate of drug-likeness (QED) is 0.478. The van der Waals surface area contributed by atoms with Gasteiger partial charge in [0.05, 0.1) is 14.2 Å². The second-order valence-electron chi connectivity index (χ2n) is 7.74. The van der Waals surface area contributed by atoms with Gasteiger partial charge >= 0.3 is 6.03 Å². The zero-order valence-electron chi connectivity index (χ0n) is 19.0. The van der Waals surface area contributed by atoms with Crippen LogP contribution in [0.2, 0.25) is 0 Å². The molecule has 33 heavy (non-hydrogen) atoms. The maximum absolute atomic E-state index is 12.4. The number of rotatable bonds is 7. The monoisotopic (exact) mass is 448 g/mol. The van der Waals surface area contributed by atoms with Crippen LogP contribution < -0.4 is 30.3 Å². The Bertz CT molecular complexity index is 1090. The normalized spacial score (nSPS) is 12.9. The Morgan fingerprint density at radius 2 is 1.45 bits per heavy atom. The van der Waals surface area contributed by atoms with Gasteiger partial charge in [-0.1, -0.05) is 0 Å². The summed E-state index contributed by atoms with van der Waals surface area (Å²) in [5, 5.41) is 8.93. The summed E-state index contributed by atoms with van der Waals surface area (Å²) < 4.78 is 10.5. The molecule has 4 rings (SSSR count). The molecule has 0 atom stereocenters. The molecule has 1 aromatic heterocycles. The first kappa shape index (κ1) is 22.2. The molecule has 0 spiro atoms. The average molecular weight is 449 g/mol. The first-order chi connectivity index (χ1) is 16.0. The smallest absolute Gasteiger partial charge is 0.323 e. The number of methoxy groups -OCH3 is 2. The van der Waals surface area contributed by atoms with Gasteiger partial charge in [0.2, 0.25) is 0 Å². The Morgan fingerprint density at radius 3 is 2.09 bits per heavy atom. The summed E-state index contributed by atoms with van der Waals surface area (Å²) in [6, 6.07) is 14.2. The fourth-order valence-electron chi connectivity index (χ4n) is 3.68. The Morgan fingerprint density at radius 1 is 0.848 bits per heavy atom. The number of carbonyl (C=O) groups is 1. The number of ether oxygens (including phenoxy) is 2. The highest BCUT2D eigenvalue weighted by Crippen LogP contribution is 2.26. The molecule has 1 aliphatic heterocycles. The maximum Gasteiger partial charge on any atom is 0.323 e. The van der Waals surface area contributed by atoms with Crippen molar-refractivity contribution in [1.29, 1.82) is 0 Å². The van der Waals surface area contributed by atoms with E-state index in [0.717, 1.165) is 36.2 Å². The Labute approximate surface area is 193 Å². The number of hydrogen-bond donors (Lipinski definition) is 3. The molecule has 9 nitrogen and oxygen atoms in total. The summed E-state index contributed by atoms with van der Waals surface area (Å²) >= 11 is 0. The molecule has 2 amide bonds. The lowest BCUT2D eigenvalue weighted by atomic mass is 10.2. The van der Waals surface area contributed by atoms with Crippen molar-refractivity contribution in [1.82, 2.24) is 9.97 Å². The second kappa shape index (κ2) is 10.1. The molecule has 0 aliphatic carbocycles. The number of benzene rings is 2. The third kappa shape index (κ3) is 5.82. The van der Waals surface area contributed by atoms with E-state index in [4.69, 9.17) is 9.47 Å². The summed E-state index contributed by atoms with van der Waals surface area (Å²) in [7, 11) is 3.12. The van der Waals surface area contributed by atoms with Crippen molar-refractivity contribution < 1.29 is 14.3 Å². The maximum atomic E-state index is 12.4. The average Bonchev–Trinajstić information content (AvgIpc) is 3.35. The van der Waals surface area contributed by atoms with Crippen molar-refractivity contribution in [3.05, 3.63) is 54.4 Å². The highest BCUT2D eigenvalue weighted by molar-refractivity contribution is 6.00. The Balaban J connectivity index is 1.38. The first-order valence-corrected chi connectivity index (χ1v) is 10.8. The van der Waals surface area contributed by atoms with Gasteiger partial charge < -0.3 is 30.3 Å². The number of aryl methyl sites for hydroxylation is 1. The minimum absolute atomic E-state index is 0.368. The van der Waals surface area contributed by atoms with Crippen LogP contribution in [0.3, 0.4) is 0 Å². The molecule has 2 heterocycles. The molecule has 3 aromatic rings. The van der Waals surface area contributed by atoms with Gasteiger partial charge in [-0.25, -0.2) is 14.8 Å². The molecule has 1 fully saturated rings. The van der Waals surface area contributed by atoms with Crippen molar-refractivity contribution in [3.8, 4) is 11.5 Å². The van der Waals surface area contributed by atoms with Crippen molar-refractivity contribution in [2.24, 2.45) is 0 Å². The van der Waals surface area contributed by atoms with Gasteiger partial charge in [-0.2, -0.15) is 0 Å². The number of aromatic nitrogens is 2. The summed E-state index contributed by atoms with van der Waals surface area (Å²) in [6.07, 6.45) is 2.39. The number of nitrogens with one attached hydrogen (secondary N) is 3. The van der Waals surface area contributed by atoms with Crippen LogP contribution in [-0.2, 0) is 0 Å². The van der Waals surface area contributed by atoms with Crippen LogP contribution in [-0.4, -0.2) is 43.3 Å². The van der Waals surface area contributed by atoms with Crippen molar-refractivity contribution >= 4 is 34.7 Å². The minimum atomic E-state index is -0.368. The van der Waals surface area contributed by atoms with Gasteiger partial charge in [0.25, 0.3) is 0 Å². The zero-order chi connectivity index (χ0) is 23.2. The van der Waals surface area contributed by atoms with Gasteiger partial charge in [-0.05, 0) is 44.0 Å². The predicted molar refractivity (Wildman–Crippen MR) is 130 cm³/mol. The van der Waals surface area contributed by atoms with E-state index in [0.29, 0.717) is 22.9 Å². The summed E-state index contributed by atoms with van der Waals surface area (Å²) in [4.78, 5) is 23.8. The van der Waals surface area contributed by atoms with Crippen LogP contribution in [0.5, 0.6) is 11.5 Å². The van der Waals surface area contributed by atoms with Gasteiger partial charge in [0, 0.05) is 54.4 Å². The zero-order valence-corrected chi connectivity index (χ0v) is 19.0. The van der Waals surface area contributed by atoms with Crippen LogP contribution in [0.25, 0.3) is 0 Å². The number of urea groups is 1. The van der Waals surface area contributed by atoms with E-state index in [1.807, 2.05) is 37.3 Å². The third-order valence-electron chi connectivity index (χ3n) is 5.28. The highest BCUT2D eigenvalue weighted by atomic mass is 16.5. The van der Waals surface area contributed by atoms with Crippen molar-refractivity contribution in [2.75, 3.05) is 48.2 Å². The van der Waals surface area contributed by atoms with E-state index < -0.39 is 0 Å². The number of hydrogen-bond acceptors (Lipinski definition) is 7. The standard InChI is InChI=1S/C24H28N6O3/c1-16-25-22(15-23(26-16)30-10-4-5-11-30)27-17-6-8-18(9-7-17)28-24(31)29-19-12-20(32-2)14-21(13-19)33-3/h6-9,12-15H,4-5,10-11H2,1-3H3,(H,25,26,27)(H2,28,29,31). The van der Waals surface area contributed by atoms with Gasteiger partial charge in [0.1, 0.15) is 29.0 Å². The Kier molecular flexibility index (Phi) is 6.77. The molecular formula is C24H28N6O3. The lowest BCUT2D eigenvalue weighted by Crippen LogP contribution is -2.20.